The Morgan fingerprint density at radius 1 is 1.10 bits per heavy atom. The van der Waals surface area contributed by atoms with Gasteiger partial charge < -0.3 is 4.98 Å². The van der Waals surface area contributed by atoms with Gasteiger partial charge >= 0.3 is 0 Å². The van der Waals surface area contributed by atoms with Crippen LogP contribution in [-0.4, -0.2) is 17.0 Å². The molecule has 1 aliphatic heterocycles. The Bertz CT molecular complexity index is 739. The van der Waals surface area contributed by atoms with E-state index in [4.69, 9.17) is 0 Å². The molecule has 0 saturated heterocycles. The highest BCUT2D eigenvalue weighted by Gasteiger charge is 2.14. The number of rotatable bonds is 3. The lowest BCUT2D eigenvalue weighted by molar-refractivity contribution is -0.102. The quantitative estimate of drug-likeness (QED) is 0.858. The maximum atomic E-state index is 10.8. The summed E-state index contributed by atoms with van der Waals surface area (Å²) in [5.74, 6) is 0. The molecule has 98 valence electrons. The van der Waals surface area contributed by atoms with Gasteiger partial charge in [-0.15, -0.1) is 0 Å². The van der Waals surface area contributed by atoms with E-state index in [9.17, 15) is 4.79 Å². The topological polar surface area (TPSA) is 45.2 Å². The molecular formula is C16H11BrN2O. The standard InChI is InChI=1S/C16H11BrN2O/c17-15-9-8-14(19-15)16(11-4-2-1-3-5-11)13-7-6-12(10-20)18-13/h1-10,19H/b16-13+. The van der Waals surface area contributed by atoms with E-state index in [0.717, 1.165) is 33.4 Å². The van der Waals surface area contributed by atoms with E-state index in [-0.39, 0.29) is 0 Å². The summed E-state index contributed by atoms with van der Waals surface area (Å²) in [7, 11) is 0. The van der Waals surface area contributed by atoms with Gasteiger partial charge in [0.2, 0.25) is 0 Å². The Kier molecular flexibility index (Phi) is 3.48. The number of hydrogen-bond acceptors (Lipinski definition) is 2. The molecule has 2 heterocycles. The van der Waals surface area contributed by atoms with Crippen LogP contribution in [0.25, 0.3) is 5.57 Å². The van der Waals surface area contributed by atoms with Crippen molar-refractivity contribution >= 4 is 33.5 Å². The molecule has 0 aliphatic carbocycles. The first-order valence-corrected chi connectivity index (χ1v) is 6.94. The fourth-order valence-electron chi connectivity index (χ4n) is 2.14. The number of halogens is 1. The molecule has 0 radical (unpaired) electrons. The van der Waals surface area contributed by atoms with E-state index in [2.05, 4.69) is 25.9 Å². The number of H-pyrrole nitrogens is 1. The molecule has 4 heteroatoms. The normalized spacial score (nSPS) is 16.1. The van der Waals surface area contributed by atoms with Crippen molar-refractivity contribution < 1.29 is 4.79 Å². The highest BCUT2D eigenvalue weighted by atomic mass is 79.9. The third-order valence-corrected chi connectivity index (χ3v) is 3.48. The van der Waals surface area contributed by atoms with Crippen molar-refractivity contribution in [3.8, 4) is 0 Å². The molecule has 1 N–H and O–H groups in total. The summed E-state index contributed by atoms with van der Waals surface area (Å²) in [4.78, 5) is 18.4. The molecule has 0 amide bonds. The van der Waals surface area contributed by atoms with Gasteiger partial charge in [0.15, 0.2) is 6.29 Å². The van der Waals surface area contributed by atoms with Crippen LogP contribution in [0.3, 0.4) is 0 Å². The molecule has 0 fully saturated rings. The van der Waals surface area contributed by atoms with Gasteiger partial charge in [-0.25, -0.2) is 4.99 Å². The molecule has 0 spiro atoms. The highest BCUT2D eigenvalue weighted by molar-refractivity contribution is 9.10. The van der Waals surface area contributed by atoms with E-state index >= 15 is 0 Å². The molecule has 0 saturated carbocycles. The number of aromatic nitrogens is 1. The summed E-state index contributed by atoms with van der Waals surface area (Å²) in [5, 5.41) is 0. The maximum Gasteiger partial charge on any atom is 0.168 e. The van der Waals surface area contributed by atoms with Gasteiger partial charge in [-0.05, 0) is 45.8 Å². The van der Waals surface area contributed by atoms with E-state index in [0.29, 0.717) is 5.71 Å². The van der Waals surface area contributed by atoms with Crippen LogP contribution in [0.1, 0.15) is 11.3 Å². The minimum absolute atomic E-state index is 0.444. The van der Waals surface area contributed by atoms with Gasteiger partial charge in [0.25, 0.3) is 0 Å². The SMILES string of the molecule is O=CC1=N/C(=C(\c2ccccc2)c2ccc(Br)[nH]2)C=C1. The molecule has 2 aromatic rings. The number of aliphatic imine (C=N–C) groups is 1. The Labute approximate surface area is 124 Å². The Balaban J connectivity index is 2.20. The number of aromatic amines is 1. The molecule has 0 atom stereocenters. The van der Waals surface area contributed by atoms with E-state index in [1.165, 1.54) is 0 Å². The predicted octanol–water partition coefficient (Wildman–Crippen LogP) is 3.75. The second-order valence-electron chi connectivity index (χ2n) is 4.33. The van der Waals surface area contributed by atoms with Crippen LogP contribution in [0.5, 0.6) is 0 Å². The van der Waals surface area contributed by atoms with Crippen LogP contribution >= 0.6 is 15.9 Å². The van der Waals surface area contributed by atoms with Crippen LogP contribution in [0.4, 0.5) is 0 Å². The molecule has 0 bridgehead atoms. The summed E-state index contributed by atoms with van der Waals surface area (Å²) in [6, 6.07) is 13.9. The molecule has 1 aliphatic rings. The van der Waals surface area contributed by atoms with Crippen molar-refractivity contribution in [2.45, 2.75) is 0 Å². The lowest BCUT2D eigenvalue weighted by Gasteiger charge is -2.08. The maximum absolute atomic E-state index is 10.8. The van der Waals surface area contributed by atoms with Crippen molar-refractivity contribution in [2.75, 3.05) is 0 Å². The molecule has 20 heavy (non-hydrogen) atoms. The van der Waals surface area contributed by atoms with Gasteiger partial charge in [-0.1, -0.05) is 30.3 Å². The Hall–Kier alpha value is -2.20. The van der Waals surface area contributed by atoms with Crippen LogP contribution in [0.2, 0.25) is 0 Å². The third kappa shape index (κ3) is 2.42. The van der Waals surface area contributed by atoms with Crippen molar-refractivity contribution in [2.24, 2.45) is 4.99 Å². The summed E-state index contributed by atoms with van der Waals surface area (Å²) >= 11 is 3.42. The first-order chi connectivity index (χ1) is 9.78. The number of nitrogens with zero attached hydrogens (tertiary/aromatic N) is 1. The largest absolute Gasteiger partial charge is 0.349 e. The molecule has 3 nitrogen and oxygen atoms in total. The van der Waals surface area contributed by atoms with E-state index in [1.54, 1.807) is 6.08 Å². The lowest BCUT2D eigenvalue weighted by atomic mass is 10.0. The number of nitrogens with one attached hydrogen (secondary N) is 1. The van der Waals surface area contributed by atoms with Gasteiger partial charge in [0.1, 0.15) is 5.71 Å². The summed E-state index contributed by atoms with van der Waals surface area (Å²) in [6.07, 6.45) is 4.35. The zero-order valence-corrected chi connectivity index (χ0v) is 12.1. The number of benzene rings is 1. The van der Waals surface area contributed by atoms with Crippen LogP contribution in [0, 0.1) is 0 Å². The van der Waals surface area contributed by atoms with Crippen LogP contribution < -0.4 is 0 Å². The van der Waals surface area contributed by atoms with Crippen molar-refractivity contribution in [1.82, 2.24) is 4.98 Å². The zero-order valence-electron chi connectivity index (χ0n) is 10.5. The zero-order chi connectivity index (χ0) is 13.9. The fourth-order valence-corrected chi connectivity index (χ4v) is 2.49. The second-order valence-corrected chi connectivity index (χ2v) is 5.19. The fraction of sp³-hybridized carbons (Fsp3) is 0. The number of allylic oxidation sites excluding steroid dienone is 2. The van der Waals surface area contributed by atoms with E-state index < -0.39 is 0 Å². The molecule has 1 aromatic carbocycles. The first-order valence-electron chi connectivity index (χ1n) is 6.14. The molecular weight excluding hydrogens is 316 g/mol. The third-order valence-electron chi connectivity index (χ3n) is 3.02. The summed E-state index contributed by atoms with van der Waals surface area (Å²) in [5.41, 5.74) is 4.21. The summed E-state index contributed by atoms with van der Waals surface area (Å²) in [6.45, 7) is 0. The predicted molar refractivity (Wildman–Crippen MR) is 83.6 cm³/mol. The number of aldehydes is 1. The van der Waals surface area contributed by atoms with E-state index in [1.807, 2.05) is 48.5 Å². The van der Waals surface area contributed by atoms with Gasteiger partial charge in [-0.3, -0.25) is 4.79 Å². The molecule has 3 rings (SSSR count). The van der Waals surface area contributed by atoms with Crippen LogP contribution in [0.15, 0.2) is 69.9 Å². The number of carbonyl (C=O) groups excluding carboxylic acids is 1. The van der Waals surface area contributed by atoms with Gasteiger partial charge in [-0.2, -0.15) is 0 Å². The van der Waals surface area contributed by atoms with Crippen LogP contribution in [-0.2, 0) is 4.79 Å². The molecule has 0 unspecified atom stereocenters. The molecule has 1 aromatic heterocycles. The average molecular weight is 327 g/mol. The van der Waals surface area contributed by atoms with Crippen molar-refractivity contribution in [1.29, 1.82) is 0 Å². The lowest BCUT2D eigenvalue weighted by Crippen LogP contribution is -1.93. The smallest absolute Gasteiger partial charge is 0.168 e. The minimum Gasteiger partial charge on any atom is -0.349 e. The number of carbonyl (C=O) groups is 1. The Morgan fingerprint density at radius 2 is 1.90 bits per heavy atom. The second kappa shape index (κ2) is 5.43. The summed E-state index contributed by atoms with van der Waals surface area (Å²) < 4.78 is 0.906. The Morgan fingerprint density at radius 3 is 2.50 bits per heavy atom. The average Bonchev–Trinajstić information content (AvgIpc) is 3.10. The van der Waals surface area contributed by atoms with Gasteiger partial charge in [0.05, 0.1) is 10.3 Å². The highest BCUT2D eigenvalue weighted by Crippen LogP contribution is 2.30. The number of hydrogen-bond donors (Lipinski definition) is 1. The first kappa shape index (κ1) is 12.8. The van der Waals surface area contributed by atoms with Crippen molar-refractivity contribution in [3.63, 3.8) is 0 Å². The van der Waals surface area contributed by atoms with Crippen molar-refractivity contribution in [3.05, 3.63) is 76.2 Å². The minimum atomic E-state index is 0.444. The monoisotopic (exact) mass is 326 g/mol. The van der Waals surface area contributed by atoms with Gasteiger partial charge in [0, 0.05) is 11.3 Å².